The minimum atomic E-state index is -0.426. The van der Waals surface area contributed by atoms with Crippen molar-refractivity contribution in [3.63, 3.8) is 0 Å². The molecule has 0 spiro atoms. The van der Waals surface area contributed by atoms with Gasteiger partial charge in [-0.05, 0) is 49.2 Å². The Kier molecular flexibility index (Phi) is 6.67. The number of nitrogens with one attached hydrogen (secondary N) is 1. The lowest BCUT2D eigenvalue weighted by Crippen LogP contribution is -2.38. The molecule has 0 aliphatic carbocycles. The van der Waals surface area contributed by atoms with Crippen molar-refractivity contribution in [3.8, 4) is 11.1 Å². The van der Waals surface area contributed by atoms with Gasteiger partial charge in [0.1, 0.15) is 5.82 Å². The maximum atomic E-state index is 11.3. The molecule has 148 valence electrons. The Morgan fingerprint density at radius 3 is 2.64 bits per heavy atom. The van der Waals surface area contributed by atoms with Crippen LogP contribution in [-0.4, -0.2) is 34.7 Å². The van der Waals surface area contributed by atoms with Crippen molar-refractivity contribution in [1.29, 1.82) is 0 Å². The molecule has 1 atom stereocenters. The molecule has 2 aromatic carbocycles. The number of nitrogens with two attached hydrogens (primary N) is 1. The van der Waals surface area contributed by atoms with E-state index >= 15 is 0 Å². The lowest BCUT2D eigenvalue weighted by molar-refractivity contribution is -0.119. The third kappa shape index (κ3) is 4.70. The number of hydrogen-bond donors (Lipinski definition) is 2. The van der Waals surface area contributed by atoms with Crippen LogP contribution in [0.15, 0.2) is 42.5 Å². The maximum Gasteiger partial charge on any atom is 0.234 e. The number of primary amides is 1. The lowest BCUT2D eigenvalue weighted by atomic mass is 10.1. The van der Waals surface area contributed by atoms with Gasteiger partial charge in [0.15, 0.2) is 0 Å². The number of carbonyl (C=O) groups excluding carboxylic acids is 1. The second kappa shape index (κ2) is 9.19. The number of hydrogen-bond acceptors (Lipinski definition) is 4. The Morgan fingerprint density at radius 2 is 1.96 bits per heavy atom. The van der Waals surface area contributed by atoms with Gasteiger partial charge in [0.2, 0.25) is 5.91 Å². The highest BCUT2D eigenvalue weighted by Crippen LogP contribution is 2.26. The number of nitrogens with zero attached hydrogens (tertiary/aromatic N) is 2. The molecular formula is C21H25ClN4O2. The standard InChI is InChI=1S/C21H25ClN4O2/c1-3-28-11-10-26-19-9-6-16(15-4-7-17(22)8-5-15)12-18(19)25-20(26)13-24-14(2)21(23)27/h4-9,12,14,24H,3,10-11,13H2,1-2H3,(H2,23,27)/t14-/m0/s1. The lowest BCUT2D eigenvalue weighted by Gasteiger charge is -2.12. The first-order valence-electron chi connectivity index (χ1n) is 9.35. The molecule has 28 heavy (non-hydrogen) atoms. The van der Waals surface area contributed by atoms with Crippen molar-refractivity contribution in [1.82, 2.24) is 14.9 Å². The second-order valence-electron chi connectivity index (χ2n) is 6.59. The molecule has 0 bridgehead atoms. The monoisotopic (exact) mass is 400 g/mol. The molecule has 1 heterocycles. The summed E-state index contributed by atoms with van der Waals surface area (Å²) in [5, 5.41) is 3.84. The van der Waals surface area contributed by atoms with E-state index in [0.717, 1.165) is 28.0 Å². The molecule has 1 amide bonds. The normalized spacial score (nSPS) is 12.4. The van der Waals surface area contributed by atoms with Crippen LogP contribution in [0.5, 0.6) is 0 Å². The number of imidazole rings is 1. The molecule has 3 rings (SSSR count). The number of ether oxygens (including phenoxy) is 1. The van der Waals surface area contributed by atoms with Crippen LogP contribution >= 0.6 is 11.6 Å². The summed E-state index contributed by atoms with van der Waals surface area (Å²) in [6.45, 7) is 6.11. The number of carbonyl (C=O) groups is 1. The Bertz CT molecular complexity index is 953. The molecule has 0 aliphatic heterocycles. The number of rotatable bonds is 9. The molecule has 0 radical (unpaired) electrons. The van der Waals surface area contributed by atoms with E-state index in [4.69, 9.17) is 27.1 Å². The highest BCUT2D eigenvalue weighted by Gasteiger charge is 2.14. The summed E-state index contributed by atoms with van der Waals surface area (Å²) < 4.78 is 7.65. The molecule has 0 fully saturated rings. The zero-order chi connectivity index (χ0) is 20.1. The van der Waals surface area contributed by atoms with Crippen molar-refractivity contribution in [3.05, 3.63) is 53.3 Å². The minimum absolute atomic E-state index is 0.387. The van der Waals surface area contributed by atoms with Gasteiger partial charge < -0.3 is 15.0 Å². The van der Waals surface area contributed by atoms with Crippen LogP contribution < -0.4 is 11.1 Å². The van der Waals surface area contributed by atoms with Crippen molar-refractivity contribution in [2.75, 3.05) is 13.2 Å². The predicted octanol–water partition coefficient (Wildman–Crippen LogP) is 3.36. The first kappa shape index (κ1) is 20.3. The summed E-state index contributed by atoms with van der Waals surface area (Å²) >= 11 is 5.99. The Morgan fingerprint density at radius 1 is 1.25 bits per heavy atom. The third-order valence-electron chi connectivity index (χ3n) is 4.66. The molecule has 0 saturated heterocycles. The van der Waals surface area contributed by atoms with Gasteiger partial charge in [-0.3, -0.25) is 10.1 Å². The van der Waals surface area contributed by atoms with Gasteiger partial charge in [-0.1, -0.05) is 29.8 Å². The molecule has 0 saturated carbocycles. The Hall–Kier alpha value is -2.41. The van der Waals surface area contributed by atoms with E-state index in [1.807, 2.05) is 31.2 Å². The minimum Gasteiger partial charge on any atom is -0.380 e. The van der Waals surface area contributed by atoms with E-state index in [1.54, 1.807) is 6.92 Å². The van der Waals surface area contributed by atoms with Crippen molar-refractivity contribution in [2.45, 2.75) is 33.0 Å². The van der Waals surface area contributed by atoms with Crippen molar-refractivity contribution < 1.29 is 9.53 Å². The van der Waals surface area contributed by atoms with Gasteiger partial charge in [0.25, 0.3) is 0 Å². The van der Waals surface area contributed by atoms with E-state index in [0.29, 0.717) is 31.3 Å². The number of aromatic nitrogens is 2. The largest absolute Gasteiger partial charge is 0.380 e. The zero-order valence-electron chi connectivity index (χ0n) is 16.1. The fourth-order valence-electron chi connectivity index (χ4n) is 3.03. The van der Waals surface area contributed by atoms with Crippen LogP contribution in [0, 0.1) is 0 Å². The first-order chi connectivity index (χ1) is 13.5. The second-order valence-corrected chi connectivity index (χ2v) is 7.03. The number of amides is 1. The van der Waals surface area contributed by atoms with Gasteiger partial charge in [-0.15, -0.1) is 0 Å². The summed E-state index contributed by atoms with van der Waals surface area (Å²) in [5.74, 6) is 0.457. The molecule has 0 aliphatic rings. The molecule has 6 nitrogen and oxygen atoms in total. The topological polar surface area (TPSA) is 82.2 Å². The molecule has 3 aromatic rings. The van der Waals surface area contributed by atoms with Crippen LogP contribution in [0.1, 0.15) is 19.7 Å². The summed E-state index contributed by atoms with van der Waals surface area (Å²) in [5.41, 5.74) is 9.43. The third-order valence-corrected chi connectivity index (χ3v) is 4.91. The average Bonchev–Trinajstić information content (AvgIpc) is 3.03. The van der Waals surface area contributed by atoms with Gasteiger partial charge >= 0.3 is 0 Å². The molecule has 7 heteroatoms. The van der Waals surface area contributed by atoms with Gasteiger partial charge in [-0.25, -0.2) is 4.98 Å². The Labute approximate surface area is 169 Å². The molecule has 0 unspecified atom stereocenters. The summed E-state index contributed by atoms with van der Waals surface area (Å²) in [6.07, 6.45) is 0. The quantitative estimate of drug-likeness (QED) is 0.539. The maximum absolute atomic E-state index is 11.3. The predicted molar refractivity (Wildman–Crippen MR) is 112 cm³/mol. The highest BCUT2D eigenvalue weighted by molar-refractivity contribution is 6.30. The molecule has 1 aromatic heterocycles. The number of benzene rings is 2. The van der Waals surface area contributed by atoms with Crippen LogP contribution in [0.4, 0.5) is 0 Å². The van der Waals surface area contributed by atoms with Crippen molar-refractivity contribution >= 4 is 28.5 Å². The van der Waals surface area contributed by atoms with Crippen molar-refractivity contribution in [2.24, 2.45) is 5.73 Å². The summed E-state index contributed by atoms with van der Waals surface area (Å²) in [6, 6.07) is 13.5. The SMILES string of the molecule is CCOCCn1c(CN[C@@H](C)C(N)=O)nc2cc(-c3ccc(Cl)cc3)ccc21. The van der Waals surface area contributed by atoms with Crippen LogP contribution in [0.2, 0.25) is 5.02 Å². The highest BCUT2D eigenvalue weighted by atomic mass is 35.5. The van der Waals surface area contributed by atoms with E-state index in [9.17, 15) is 4.79 Å². The fraction of sp³-hybridized carbons (Fsp3) is 0.333. The van der Waals surface area contributed by atoms with E-state index in [2.05, 4.69) is 28.1 Å². The Balaban J connectivity index is 1.93. The van der Waals surface area contributed by atoms with E-state index < -0.39 is 6.04 Å². The average molecular weight is 401 g/mol. The first-order valence-corrected chi connectivity index (χ1v) is 9.73. The van der Waals surface area contributed by atoms with Gasteiger partial charge in [0, 0.05) is 18.2 Å². The smallest absolute Gasteiger partial charge is 0.234 e. The molecular weight excluding hydrogens is 376 g/mol. The fourth-order valence-corrected chi connectivity index (χ4v) is 3.16. The molecule has 3 N–H and O–H groups in total. The van der Waals surface area contributed by atoms with Crippen LogP contribution in [0.25, 0.3) is 22.2 Å². The van der Waals surface area contributed by atoms with Crippen LogP contribution in [-0.2, 0) is 22.6 Å². The van der Waals surface area contributed by atoms with E-state index in [1.165, 1.54) is 0 Å². The number of halogens is 1. The van der Waals surface area contributed by atoms with Gasteiger partial charge in [-0.2, -0.15) is 0 Å². The van der Waals surface area contributed by atoms with E-state index in [-0.39, 0.29) is 5.91 Å². The van der Waals surface area contributed by atoms with Gasteiger partial charge in [0.05, 0.1) is 30.2 Å². The summed E-state index contributed by atoms with van der Waals surface area (Å²) in [7, 11) is 0. The summed E-state index contributed by atoms with van der Waals surface area (Å²) in [4.78, 5) is 16.1. The zero-order valence-corrected chi connectivity index (χ0v) is 16.9. The van der Waals surface area contributed by atoms with Crippen LogP contribution in [0.3, 0.4) is 0 Å². The number of fused-ring (bicyclic) bond motifs is 1.